The van der Waals surface area contributed by atoms with Crippen LogP contribution in [0.3, 0.4) is 0 Å². The molecule has 1 N–H and O–H groups in total. The number of aryl methyl sites for hydroxylation is 1. The molecule has 2 rings (SSSR count). The summed E-state index contributed by atoms with van der Waals surface area (Å²) in [6, 6.07) is 2.01. The number of aromatic nitrogens is 2. The van der Waals surface area contributed by atoms with Crippen LogP contribution in [0.5, 0.6) is 0 Å². The highest BCUT2D eigenvalue weighted by Gasteiger charge is 2.28. The summed E-state index contributed by atoms with van der Waals surface area (Å²) >= 11 is 0. The zero-order chi connectivity index (χ0) is 10.0. The molecule has 1 aromatic heterocycles. The molecule has 1 unspecified atom stereocenters. The van der Waals surface area contributed by atoms with Crippen LogP contribution in [0, 0.1) is 6.92 Å². The van der Waals surface area contributed by atoms with E-state index >= 15 is 0 Å². The van der Waals surface area contributed by atoms with E-state index in [2.05, 4.69) is 22.2 Å². The van der Waals surface area contributed by atoms with E-state index < -0.39 is 0 Å². The fourth-order valence-electron chi connectivity index (χ4n) is 2.11. The summed E-state index contributed by atoms with van der Waals surface area (Å²) < 4.78 is 0. The summed E-state index contributed by atoms with van der Waals surface area (Å²) in [5.74, 6) is 0.865. The molecule has 14 heavy (non-hydrogen) atoms. The molecule has 1 aliphatic rings. The maximum Gasteiger partial charge on any atom is 0.125 e. The second kappa shape index (κ2) is 3.65. The van der Waals surface area contributed by atoms with Crippen molar-refractivity contribution in [3.05, 3.63) is 23.8 Å². The molecule has 0 aromatic carbocycles. The molecule has 0 amide bonds. The molecule has 0 aliphatic carbocycles. The van der Waals surface area contributed by atoms with Crippen molar-refractivity contribution in [3.63, 3.8) is 0 Å². The van der Waals surface area contributed by atoms with Gasteiger partial charge in [-0.2, -0.15) is 0 Å². The van der Waals surface area contributed by atoms with Crippen LogP contribution in [0.25, 0.3) is 0 Å². The molecular formula is C11H17N3. The average molecular weight is 191 g/mol. The Kier molecular flexibility index (Phi) is 2.50. The Morgan fingerprint density at radius 3 is 3.07 bits per heavy atom. The molecule has 3 nitrogen and oxygen atoms in total. The first kappa shape index (κ1) is 9.59. The normalized spacial score (nSPS) is 26.7. The molecule has 76 valence electrons. The molecule has 0 bridgehead atoms. The zero-order valence-electron chi connectivity index (χ0n) is 8.88. The van der Waals surface area contributed by atoms with Crippen molar-refractivity contribution in [2.45, 2.75) is 38.6 Å². The molecule has 1 fully saturated rings. The molecule has 2 heterocycles. The Labute approximate surface area is 85.0 Å². The predicted molar refractivity (Wildman–Crippen MR) is 56.1 cm³/mol. The Bertz CT molecular complexity index is 316. The molecule has 0 saturated carbocycles. The lowest BCUT2D eigenvalue weighted by atomic mass is 9.94. The van der Waals surface area contributed by atoms with Crippen molar-refractivity contribution in [1.29, 1.82) is 0 Å². The largest absolute Gasteiger partial charge is 0.311 e. The number of rotatable bonds is 2. The van der Waals surface area contributed by atoms with Crippen molar-refractivity contribution >= 4 is 0 Å². The van der Waals surface area contributed by atoms with Crippen LogP contribution in [0.2, 0.25) is 0 Å². The van der Waals surface area contributed by atoms with Crippen LogP contribution in [0.1, 0.15) is 31.3 Å². The summed E-state index contributed by atoms with van der Waals surface area (Å²) in [5, 5.41) is 3.54. The van der Waals surface area contributed by atoms with Gasteiger partial charge in [0.15, 0.2) is 0 Å². The van der Waals surface area contributed by atoms with Crippen molar-refractivity contribution in [1.82, 2.24) is 15.3 Å². The summed E-state index contributed by atoms with van der Waals surface area (Å²) in [7, 11) is 0. The van der Waals surface area contributed by atoms with E-state index in [1.807, 2.05) is 19.2 Å². The Morgan fingerprint density at radius 1 is 1.57 bits per heavy atom. The predicted octanol–water partition coefficient (Wildman–Crippen LogP) is 1.47. The van der Waals surface area contributed by atoms with Crippen molar-refractivity contribution in [2.24, 2.45) is 0 Å². The minimum atomic E-state index is 0.251. The lowest BCUT2D eigenvalue weighted by Gasteiger charge is -2.23. The van der Waals surface area contributed by atoms with E-state index in [0.29, 0.717) is 0 Å². The number of hydrogen-bond acceptors (Lipinski definition) is 3. The first-order chi connectivity index (χ1) is 6.68. The molecule has 0 radical (unpaired) electrons. The van der Waals surface area contributed by atoms with Gasteiger partial charge < -0.3 is 5.32 Å². The Balaban J connectivity index is 2.10. The lowest BCUT2D eigenvalue weighted by molar-refractivity contribution is 0.408. The first-order valence-electron chi connectivity index (χ1n) is 5.22. The molecular weight excluding hydrogens is 174 g/mol. The van der Waals surface area contributed by atoms with Gasteiger partial charge in [-0.1, -0.05) is 0 Å². The van der Waals surface area contributed by atoms with Crippen LogP contribution < -0.4 is 5.32 Å². The number of nitrogens with one attached hydrogen (secondary N) is 1. The zero-order valence-corrected chi connectivity index (χ0v) is 8.88. The first-order valence-corrected chi connectivity index (χ1v) is 5.22. The fourth-order valence-corrected chi connectivity index (χ4v) is 2.11. The lowest BCUT2D eigenvalue weighted by Crippen LogP contribution is -2.38. The standard InChI is InChI=1S/C11H17N3/c1-9-12-7-4-10(14-9)8-11(2)5-3-6-13-11/h4,7,13H,3,5-6,8H2,1-2H3. The van der Waals surface area contributed by atoms with Crippen molar-refractivity contribution in [2.75, 3.05) is 6.54 Å². The van der Waals surface area contributed by atoms with Gasteiger partial charge in [0.1, 0.15) is 5.82 Å². The smallest absolute Gasteiger partial charge is 0.125 e. The minimum absolute atomic E-state index is 0.251. The Morgan fingerprint density at radius 2 is 2.43 bits per heavy atom. The Hall–Kier alpha value is -0.960. The topological polar surface area (TPSA) is 37.8 Å². The van der Waals surface area contributed by atoms with Gasteiger partial charge in [0.05, 0.1) is 0 Å². The molecule has 1 saturated heterocycles. The number of hydrogen-bond donors (Lipinski definition) is 1. The molecule has 1 atom stereocenters. The van der Waals surface area contributed by atoms with Gasteiger partial charge in [0.2, 0.25) is 0 Å². The van der Waals surface area contributed by atoms with Crippen LogP contribution in [-0.4, -0.2) is 22.1 Å². The second-order valence-electron chi connectivity index (χ2n) is 4.36. The van der Waals surface area contributed by atoms with Gasteiger partial charge in [-0.25, -0.2) is 9.97 Å². The monoisotopic (exact) mass is 191 g/mol. The van der Waals surface area contributed by atoms with Gasteiger partial charge in [0, 0.05) is 23.9 Å². The highest BCUT2D eigenvalue weighted by atomic mass is 15.0. The van der Waals surface area contributed by atoms with Gasteiger partial charge in [-0.05, 0) is 39.3 Å². The van der Waals surface area contributed by atoms with Gasteiger partial charge in [-0.3, -0.25) is 0 Å². The fraction of sp³-hybridized carbons (Fsp3) is 0.636. The third kappa shape index (κ3) is 2.10. The van der Waals surface area contributed by atoms with Gasteiger partial charge in [-0.15, -0.1) is 0 Å². The summed E-state index contributed by atoms with van der Waals surface area (Å²) in [4.78, 5) is 8.54. The highest BCUT2D eigenvalue weighted by molar-refractivity contribution is 5.08. The van der Waals surface area contributed by atoms with Crippen LogP contribution in [-0.2, 0) is 6.42 Å². The third-order valence-corrected chi connectivity index (χ3v) is 2.86. The molecule has 1 aromatic rings. The minimum Gasteiger partial charge on any atom is -0.311 e. The van der Waals surface area contributed by atoms with E-state index in [4.69, 9.17) is 0 Å². The van der Waals surface area contributed by atoms with Crippen molar-refractivity contribution in [3.8, 4) is 0 Å². The van der Waals surface area contributed by atoms with E-state index in [9.17, 15) is 0 Å². The summed E-state index contributed by atoms with van der Waals surface area (Å²) in [6.45, 7) is 5.35. The van der Waals surface area contributed by atoms with Gasteiger partial charge in [0.25, 0.3) is 0 Å². The van der Waals surface area contributed by atoms with Crippen LogP contribution >= 0.6 is 0 Å². The molecule has 0 spiro atoms. The van der Waals surface area contributed by atoms with E-state index in [1.54, 1.807) is 0 Å². The second-order valence-corrected chi connectivity index (χ2v) is 4.36. The van der Waals surface area contributed by atoms with E-state index in [-0.39, 0.29) is 5.54 Å². The van der Waals surface area contributed by atoms with Crippen molar-refractivity contribution < 1.29 is 0 Å². The summed E-state index contributed by atoms with van der Waals surface area (Å²) in [6.07, 6.45) is 5.38. The van der Waals surface area contributed by atoms with E-state index in [0.717, 1.165) is 24.5 Å². The maximum atomic E-state index is 4.43. The highest BCUT2D eigenvalue weighted by Crippen LogP contribution is 2.22. The van der Waals surface area contributed by atoms with Crippen LogP contribution in [0.4, 0.5) is 0 Å². The number of nitrogens with zero attached hydrogens (tertiary/aromatic N) is 2. The van der Waals surface area contributed by atoms with Crippen LogP contribution in [0.15, 0.2) is 12.3 Å². The SMILES string of the molecule is Cc1nccc(CC2(C)CCCN2)n1. The quantitative estimate of drug-likeness (QED) is 0.769. The maximum absolute atomic E-state index is 4.43. The van der Waals surface area contributed by atoms with Gasteiger partial charge >= 0.3 is 0 Å². The third-order valence-electron chi connectivity index (χ3n) is 2.86. The summed E-state index contributed by atoms with van der Waals surface area (Å²) in [5.41, 5.74) is 1.40. The molecule has 1 aliphatic heterocycles. The average Bonchev–Trinajstić information content (AvgIpc) is 2.51. The van der Waals surface area contributed by atoms with E-state index in [1.165, 1.54) is 12.8 Å². The molecule has 3 heteroatoms.